The molecule has 0 aliphatic heterocycles. The molecule has 1 aromatic carbocycles. The maximum atomic E-state index is 13.3. The molecule has 1 amide bonds. The molecule has 0 saturated heterocycles. The molecule has 2 atom stereocenters. The van der Waals surface area contributed by atoms with Crippen molar-refractivity contribution < 1.29 is 9.59 Å². The molecule has 4 N–H and O–H groups in total. The highest BCUT2D eigenvalue weighted by atomic mass is 16.2. The molecule has 160 valence electrons. The van der Waals surface area contributed by atoms with Gasteiger partial charge in [-0.3, -0.25) is 19.7 Å². The molecule has 1 aromatic heterocycles. The number of nitrogens with zero attached hydrogens (tertiary/aromatic N) is 3. The molecule has 31 heavy (non-hydrogen) atoms. The Morgan fingerprint density at radius 1 is 1.26 bits per heavy atom. The number of Topliss-reactive ketones (excluding diaryl/α,β-unsaturated/α-hetero) is 1. The number of H-pyrrole nitrogens is 1. The largest absolute Gasteiger partial charge is 0.388 e. The first-order chi connectivity index (χ1) is 14.9. The molecule has 1 saturated carbocycles. The number of aliphatic imine (C=N–C) groups is 1. The summed E-state index contributed by atoms with van der Waals surface area (Å²) in [6.45, 7) is 1.93. The lowest BCUT2D eigenvalue weighted by Crippen LogP contribution is -2.40. The number of nitriles is 1. The Bertz CT molecular complexity index is 1060. The monoisotopic (exact) mass is 418 g/mol. The highest BCUT2D eigenvalue weighted by Gasteiger charge is 2.36. The van der Waals surface area contributed by atoms with E-state index in [-0.39, 0.29) is 23.1 Å². The highest BCUT2D eigenvalue weighted by molar-refractivity contribution is 6.01. The number of rotatable bonds is 6. The number of carbonyl (C=O) groups excluding carboxylic acids is 2. The van der Waals surface area contributed by atoms with Gasteiger partial charge in [0.15, 0.2) is 5.78 Å². The SMILES string of the molecule is CN=CC(NC(=O)C1CCCCC1C(=O)c1ccc(-c2cc(C)[nH]n2)cc1)=C(N)C#N. The smallest absolute Gasteiger partial charge is 0.228 e. The Balaban J connectivity index is 1.79. The average Bonchev–Trinajstić information content (AvgIpc) is 3.24. The summed E-state index contributed by atoms with van der Waals surface area (Å²) in [5, 5.41) is 18.9. The first kappa shape index (κ1) is 22.0. The van der Waals surface area contributed by atoms with Gasteiger partial charge in [0.25, 0.3) is 0 Å². The number of amides is 1. The van der Waals surface area contributed by atoms with Crippen LogP contribution in [0.3, 0.4) is 0 Å². The van der Waals surface area contributed by atoms with E-state index >= 15 is 0 Å². The first-order valence-electron chi connectivity index (χ1n) is 10.2. The lowest BCUT2D eigenvalue weighted by molar-refractivity contribution is -0.126. The summed E-state index contributed by atoms with van der Waals surface area (Å²) in [5.74, 6) is -1.26. The average molecular weight is 419 g/mol. The van der Waals surface area contributed by atoms with Crippen LogP contribution in [0, 0.1) is 30.1 Å². The normalized spacial score (nSPS) is 19.5. The molecule has 0 spiro atoms. The molecule has 3 rings (SSSR count). The van der Waals surface area contributed by atoms with Gasteiger partial charge >= 0.3 is 0 Å². The zero-order valence-corrected chi connectivity index (χ0v) is 17.7. The Morgan fingerprint density at radius 2 is 1.94 bits per heavy atom. The highest BCUT2D eigenvalue weighted by Crippen LogP contribution is 2.33. The van der Waals surface area contributed by atoms with Crippen molar-refractivity contribution in [2.45, 2.75) is 32.6 Å². The third-order valence-corrected chi connectivity index (χ3v) is 5.54. The summed E-state index contributed by atoms with van der Waals surface area (Å²) < 4.78 is 0. The van der Waals surface area contributed by atoms with Crippen LogP contribution in [0.5, 0.6) is 0 Å². The topological polar surface area (TPSA) is 137 Å². The van der Waals surface area contributed by atoms with Crippen LogP contribution in [0.15, 0.2) is 46.7 Å². The van der Waals surface area contributed by atoms with Crippen LogP contribution in [0.4, 0.5) is 0 Å². The third kappa shape index (κ3) is 5.07. The van der Waals surface area contributed by atoms with E-state index < -0.39 is 11.8 Å². The van der Waals surface area contributed by atoms with Crippen molar-refractivity contribution in [3.05, 3.63) is 53.0 Å². The van der Waals surface area contributed by atoms with Crippen molar-refractivity contribution in [1.29, 1.82) is 5.26 Å². The Morgan fingerprint density at radius 3 is 2.52 bits per heavy atom. The standard InChI is InChI=1S/C23H26N6O2/c1-14-11-20(29-28-14)15-7-9-16(10-8-15)22(30)17-5-3-4-6-18(17)23(31)27-21(13-26-2)19(25)12-24/h7-11,13,17-18H,3-6,25H2,1-2H3,(H,27,31)(H,28,29). The number of aromatic nitrogens is 2. The van der Waals surface area contributed by atoms with Crippen molar-refractivity contribution in [2.75, 3.05) is 7.05 Å². The quantitative estimate of drug-likeness (QED) is 0.376. The summed E-state index contributed by atoms with van der Waals surface area (Å²) in [5.41, 5.74) is 8.97. The zero-order valence-electron chi connectivity index (χ0n) is 17.7. The molecule has 8 nitrogen and oxygen atoms in total. The first-order valence-corrected chi connectivity index (χ1v) is 10.2. The number of hydrogen-bond donors (Lipinski definition) is 3. The molecule has 1 aliphatic carbocycles. The number of aromatic amines is 1. The molecule has 1 aliphatic rings. The zero-order chi connectivity index (χ0) is 22.4. The van der Waals surface area contributed by atoms with Crippen LogP contribution in [0.25, 0.3) is 11.3 Å². The van der Waals surface area contributed by atoms with Gasteiger partial charge in [0.2, 0.25) is 5.91 Å². The minimum atomic E-state index is -0.485. The Labute approximate surface area is 181 Å². The van der Waals surface area contributed by atoms with Gasteiger partial charge in [-0.15, -0.1) is 0 Å². The van der Waals surface area contributed by atoms with E-state index in [4.69, 9.17) is 11.0 Å². The molecule has 8 heteroatoms. The van der Waals surface area contributed by atoms with Crippen molar-refractivity contribution in [3.8, 4) is 17.3 Å². The van der Waals surface area contributed by atoms with Crippen molar-refractivity contribution in [2.24, 2.45) is 22.6 Å². The van der Waals surface area contributed by atoms with Gasteiger partial charge < -0.3 is 11.1 Å². The van der Waals surface area contributed by atoms with Gasteiger partial charge in [-0.05, 0) is 25.8 Å². The van der Waals surface area contributed by atoms with E-state index in [1.54, 1.807) is 12.1 Å². The summed E-state index contributed by atoms with van der Waals surface area (Å²) in [6.07, 6.45) is 4.35. The molecule has 2 aromatic rings. The second-order valence-corrected chi connectivity index (χ2v) is 7.69. The summed E-state index contributed by atoms with van der Waals surface area (Å²) in [7, 11) is 1.53. The van der Waals surface area contributed by atoms with Crippen molar-refractivity contribution in [1.82, 2.24) is 15.5 Å². The van der Waals surface area contributed by atoms with Crippen LogP contribution in [0.2, 0.25) is 0 Å². The van der Waals surface area contributed by atoms with Crippen LogP contribution >= 0.6 is 0 Å². The maximum Gasteiger partial charge on any atom is 0.228 e. The fourth-order valence-corrected chi connectivity index (χ4v) is 3.93. The second kappa shape index (κ2) is 9.85. The number of nitrogens with one attached hydrogen (secondary N) is 2. The molecule has 2 unspecified atom stereocenters. The fraction of sp³-hybridized carbons (Fsp3) is 0.348. The minimum Gasteiger partial charge on any atom is -0.388 e. The maximum absolute atomic E-state index is 13.3. The van der Waals surface area contributed by atoms with Crippen LogP contribution < -0.4 is 11.1 Å². The van der Waals surface area contributed by atoms with E-state index in [1.165, 1.54) is 13.3 Å². The number of benzene rings is 1. The van der Waals surface area contributed by atoms with Crippen LogP contribution in [-0.2, 0) is 4.79 Å². The van der Waals surface area contributed by atoms with Crippen molar-refractivity contribution >= 4 is 17.9 Å². The van der Waals surface area contributed by atoms with Crippen LogP contribution in [-0.4, -0.2) is 35.2 Å². The predicted octanol–water partition coefficient (Wildman–Crippen LogP) is 2.88. The fourth-order valence-electron chi connectivity index (χ4n) is 3.93. The molecule has 1 fully saturated rings. The molecular weight excluding hydrogens is 392 g/mol. The number of aryl methyl sites for hydroxylation is 1. The van der Waals surface area contributed by atoms with Gasteiger partial charge in [-0.1, -0.05) is 37.1 Å². The summed E-state index contributed by atoms with van der Waals surface area (Å²) in [4.78, 5) is 30.0. The molecular formula is C23H26N6O2. The summed E-state index contributed by atoms with van der Waals surface area (Å²) in [6, 6.07) is 11.1. The molecule has 1 heterocycles. The number of carbonyl (C=O) groups is 2. The Hall–Kier alpha value is -3.73. The van der Waals surface area contributed by atoms with Gasteiger partial charge in [0.1, 0.15) is 11.8 Å². The van der Waals surface area contributed by atoms with Gasteiger partial charge in [0.05, 0.1) is 11.4 Å². The number of hydrogen-bond acceptors (Lipinski definition) is 6. The lowest BCUT2D eigenvalue weighted by atomic mass is 9.75. The molecule has 0 bridgehead atoms. The molecule has 0 radical (unpaired) electrons. The van der Waals surface area contributed by atoms with Crippen LogP contribution in [0.1, 0.15) is 41.7 Å². The van der Waals surface area contributed by atoms with E-state index in [0.29, 0.717) is 18.4 Å². The van der Waals surface area contributed by atoms with Crippen molar-refractivity contribution in [3.63, 3.8) is 0 Å². The van der Waals surface area contributed by atoms with Gasteiger partial charge in [-0.25, -0.2) is 0 Å². The number of ketones is 1. The Kier molecular flexibility index (Phi) is 6.98. The van der Waals surface area contributed by atoms with E-state index in [2.05, 4.69) is 20.5 Å². The third-order valence-electron chi connectivity index (χ3n) is 5.54. The minimum absolute atomic E-state index is 0.0486. The van der Waals surface area contributed by atoms with E-state index in [1.807, 2.05) is 31.2 Å². The number of nitrogens with two attached hydrogens (primary N) is 1. The summed E-state index contributed by atoms with van der Waals surface area (Å²) >= 11 is 0. The predicted molar refractivity (Wildman–Crippen MR) is 118 cm³/mol. The van der Waals surface area contributed by atoms with E-state index in [9.17, 15) is 9.59 Å². The lowest BCUT2D eigenvalue weighted by Gasteiger charge is -2.29. The second-order valence-electron chi connectivity index (χ2n) is 7.69. The van der Waals surface area contributed by atoms with E-state index in [0.717, 1.165) is 29.8 Å². The number of allylic oxidation sites excluding steroid dienone is 2. The van der Waals surface area contributed by atoms with Gasteiger partial charge in [0, 0.05) is 41.9 Å². The van der Waals surface area contributed by atoms with Gasteiger partial charge in [-0.2, -0.15) is 10.4 Å².